The van der Waals surface area contributed by atoms with E-state index in [9.17, 15) is 0 Å². The summed E-state index contributed by atoms with van der Waals surface area (Å²) < 4.78 is 10.2. The lowest BCUT2D eigenvalue weighted by atomic mass is 10.4. The summed E-state index contributed by atoms with van der Waals surface area (Å²) in [7, 11) is 3.14. The van der Waals surface area contributed by atoms with Crippen LogP contribution in [0.25, 0.3) is 0 Å². The van der Waals surface area contributed by atoms with Gasteiger partial charge in [-0.2, -0.15) is 9.97 Å². The van der Waals surface area contributed by atoms with Crippen molar-refractivity contribution in [3.05, 3.63) is 6.07 Å². The molecule has 88 valence electrons. The van der Waals surface area contributed by atoms with Crippen molar-refractivity contribution in [3.8, 4) is 11.8 Å². The van der Waals surface area contributed by atoms with Crippen LogP contribution in [0.3, 0.4) is 0 Å². The SMILES string of the molecule is COc1cc(OC)nc(N2CCC(Cl)C2)n1. The molecule has 0 N–H and O–H groups in total. The minimum atomic E-state index is 0.167. The van der Waals surface area contributed by atoms with Crippen LogP contribution in [0.4, 0.5) is 5.95 Å². The summed E-state index contributed by atoms with van der Waals surface area (Å²) in [5.41, 5.74) is 0. The predicted molar refractivity (Wildman–Crippen MR) is 61.6 cm³/mol. The fourth-order valence-corrected chi connectivity index (χ4v) is 1.91. The number of hydrogen-bond donors (Lipinski definition) is 0. The van der Waals surface area contributed by atoms with Gasteiger partial charge in [-0.1, -0.05) is 0 Å². The lowest BCUT2D eigenvalue weighted by molar-refractivity contribution is 0.372. The van der Waals surface area contributed by atoms with E-state index in [0.717, 1.165) is 19.5 Å². The van der Waals surface area contributed by atoms with Crippen LogP contribution in [-0.2, 0) is 0 Å². The van der Waals surface area contributed by atoms with Crippen molar-refractivity contribution >= 4 is 17.5 Å². The largest absolute Gasteiger partial charge is 0.481 e. The molecule has 0 amide bonds. The molecule has 16 heavy (non-hydrogen) atoms. The molecule has 2 rings (SSSR count). The van der Waals surface area contributed by atoms with E-state index in [1.54, 1.807) is 20.3 Å². The predicted octanol–water partition coefficient (Wildman–Crippen LogP) is 1.31. The summed E-state index contributed by atoms with van der Waals surface area (Å²) in [5, 5.41) is 0.167. The van der Waals surface area contributed by atoms with E-state index in [4.69, 9.17) is 21.1 Å². The molecular weight excluding hydrogens is 230 g/mol. The Balaban J connectivity index is 2.25. The first-order valence-corrected chi connectivity index (χ1v) is 5.52. The molecule has 2 heterocycles. The lowest BCUT2D eigenvalue weighted by Crippen LogP contribution is -2.22. The second-order valence-corrected chi connectivity index (χ2v) is 4.20. The van der Waals surface area contributed by atoms with Gasteiger partial charge >= 0.3 is 0 Å². The molecule has 1 fully saturated rings. The second-order valence-electron chi connectivity index (χ2n) is 3.58. The average molecular weight is 244 g/mol. The number of nitrogens with zero attached hydrogens (tertiary/aromatic N) is 3. The molecule has 1 aromatic rings. The zero-order valence-corrected chi connectivity index (χ0v) is 10.1. The first kappa shape index (κ1) is 11.3. The van der Waals surface area contributed by atoms with Crippen molar-refractivity contribution < 1.29 is 9.47 Å². The Kier molecular flexibility index (Phi) is 3.33. The zero-order valence-electron chi connectivity index (χ0n) is 9.31. The Morgan fingerprint density at radius 3 is 2.38 bits per heavy atom. The second kappa shape index (κ2) is 4.74. The summed E-state index contributed by atoms with van der Waals surface area (Å²) in [6, 6.07) is 1.65. The monoisotopic (exact) mass is 243 g/mol. The topological polar surface area (TPSA) is 47.5 Å². The average Bonchev–Trinajstić information content (AvgIpc) is 2.75. The molecule has 1 aliphatic heterocycles. The van der Waals surface area contributed by atoms with Crippen LogP contribution < -0.4 is 14.4 Å². The van der Waals surface area contributed by atoms with E-state index in [1.807, 2.05) is 4.90 Å². The zero-order chi connectivity index (χ0) is 11.5. The van der Waals surface area contributed by atoms with Crippen molar-refractivity contribution in [1.82, 2.24) is 9.97 Å². The number of anilines is 1. The molecule has 0 bridgehead atoms. The highest BCUT2D eigenvalue weighted by Gasteiger charge is 2.23. The quantitative estimate of drug-likeness (QED) is 0.750. The van der Waals surface area contributed by atoms with Gasteiger partial charge in [0.05, 0.1) is 25.7 Å². The number of halogens is 1. The van der Waals surface area contributed by atoms with E-state index in [-0.39, 0.29) is 5.38 Å². The molecule has 0 aromatic carbocycles. The number of hydrogen-bond acceptors (Lipinski definition) is 5. The van der Waals surface area contributed by atoms with Crippen molar-refractivity contribution in [1.29, 1.82) is 0 Å². The summed E-state index contributed by atoms with van der Waals surface area (Å²) in [6.07, 6.45) is 0.949. The maximum Gasteiger partial charge on any atom is 0.232 e. The Bertz CT molecular complexity index is 353. The normalized spacial score (nSPS) is 19.9. The van der Waals surface area contributed by atoms with Crippen LogP contribution in [0.2, 0.25) is 0 Å². The molecule has 6 heteroatoms. The van der Waals surface area contributed by atoms with E-state index in [1.165, 1.54) is 0 Å². The van der Waals surface area contributed by atoms with Crippen LogP contribution in [0, 0.1) is 0 Å². The fourth-order valence-electron chi connectivity index (χ4n) is 1.64. The number of alkyl halides is 1. The number of rotatable bonds is 3. The van der Waals surface area contributed by atoms with Gasteiger partial charge in [-0.3, -0.25) is 0 Å². The van der Waals surface area contributed by atoms with Crippen molar-refractivity contribution in [2.24, 2.45) is 0 Å². The van der Waals surface area contributed by atoms with Crippen LogP contribution in [0.1, 0.15) is 6.42 Å². The third-order valence-corrected chi connectivity index (χ3v) is 2.86. The molecule has 0 radical (unpaired) electrons. The summed E-state index contributed by atoms with van der Waals surface area (Å²) in [4.78, 5) is 10.6. The van der Waals surface area contributed by atoms with Crippen molar-refractivity contribution in [3.63, 3.8) is 0 Å². The van der Waals surface area contributed by atoms with Gasteiger partial charge in [-0.15, -0.1) is 11.6 Å². The highest BCUT2D eigenvalue weighted by Crippen LogP contribution is 2.24. The summed E-state index contributed by atoms with van der Waals surface area (Å²) in [5.74, 6) is 1.61. The molecule has 1 unspecified atom stereocenters. The van der Waals surface area contributed by atoms with E-state index in [2.05, 4.69) is 9.97 Å². The van der Waals surface area contributed by atoms with Gasteiger partial charge in [0, 0.05) is 13.1 Å². The highest BCUT2D eigenvalue weighted by molar-refractivity contribution is 6.21. The lowest BCUT2D eigenvalue weighted by Gasteiger charge is -2.16. The van der Waals surface area contributed by atoms with Gasteiger partial charge in [0.15, 0.2) is 0 Å². The number of methoxy groups -OCH3 is 2. The first-order chi connectivity index (χ1) is 7.72. The smallest absolute Gasteiger partial charge is 0.232 e. The third kappa shape index (κ3) is 2.29. The molecular formula is C10H14ClN3O2. The van der Waals surface area contributed by atoms with Gasteiger partial charge < -0.3 is 14.4 Å². The Morgan fingerprint density at radius 2 is 1.94 bits per heavy atom. The molecule has 0 aliphatic carbocycles. The van der Waals surface area contributed by atoms with Crippen LogP contribution >= 0.6 is 11.6 Å². The minimum Gasteiger partial charge on any atom is -0.481 e. The Labute approximate surface area is 99.3 Å². The van der Waals surface area contributed by atoms with E-state index >= 15 is 0 Å². The van der Waals surface area contributed by atoms with Gasteiger partial charge in [-0.05, 0) is 6.42 Å². The molecule has 1 aliphatic rings. The van der Waals surface area contributed by atoms with Gasteiger partial charge in [0.2, 0.25) is 17.7 Å². The van der Waals surface area contributed by atoms with Crippen LogP contribution in [0.5, 0.6) is 11.8 Å². The standard InChI is InChI=1S/C10H14ClN3O2/c1-15-8-5-9(16-2)13-10(12-8)14-4-3-7(11)6-14/h5,7H,3-4,6H2,1-2H3. The number of ether oxygens (including phenoxy) is 2. The van der Waals surface area contributed by atoms with Gasteiger partial charge in [-0.25, -0.2) is 0 Å². The fraction of sp³-hybridized carbons (Fsp3) is 0.600. The molecule has 1 atom stereocenters. The Hall–Kier alpha value is -1.23. The highest BCUT2D eigenvalue weighted by atomic mass is 35.5. The molecule has 0 spiro atoms. The number of aromatic nitrogens is 2. The van der Waals surface area contributed by atoms with Crippen LogP contribution in [0.15, 0.2) is 6.07 Å². The van der Waals surface area contributed by atoms with Crippen molar-refractivity contribution in [2.75, 3.05) is 32.2 Å². The maximum atomic E-state index is 6.04. The molecule has 1 aromatic heterocycles. The third-order valence-electron chi connectivity index (χ3n) is 2.50. The maximum absolute atomic E-state index is 6.04. The van der Waals surface area contributed by atoms with E-state index in [0.29, 0.717) is 17.7 Å². The molecule has 1 saturated heterocycles. The summed E-state index contributed by atoms with van der Waals surface area (Å²) >= 11 is 6.04. The first-order valence-electron chi connectivity index (χ1n) is 5.09. The minimum absolute atomic E-state index is 0.167. The molecule has 5 nitrogen and oxygen atoms in total. The van der Waals surface area contributed by atoms with Crippen molar-refractivity contribution in [2.45, 2.75) is 11.8 Å². The van der Waals surface area contributed by atoms with Gasteiger partial charge in [0.1, 0.15) is 0 Å². The van der Waals surface area contributed by atoms with Crippen LogP contribution in [-0.4, -0.2) is 42.7 Å². The van der Waals surface area contributed by atoms with Gasteiger partial charge in [0.25, 0.3) is 0 Å². The summed E-state index contributed by atoms with van der Waals surface area (Å²) in [6.45, 7) is 1.63. The molecule has 0 saturated carbocycles. The van der Waals surface area contributed by atoms with E-state index < -0.39 is 0 Å². The Morgan fingerprint density at radius 1 is 1.31 bits per heavy atom.